The fraction of sp³-hybridized carbons (Fsp3) is 0.333. The van der Waals surface area contributed by atoms with Gasteiger partial charge in [-0.3, -0.25) is 4.79 Å². The Morgan fingerprint density at radius 1 is 1.28 bits per heavy atom. The van der Waals surface area contributed by atoms with Crippen LogP contribution in [0.1, 0.15) is 43.6 Å². The summed E-state index contributed by atoms with van der Waals surface area (Å²) in [7, 11) is 0. The summed E-state index contributed by atoms with van der Waals surface area (Å²) >= 11 is 0. The van der Waals surface area contributed by atoms with Gasteiger partial charge in [-0.1, -0.05) is 6.07 Å². The van der Waals surface area contributed by atoms with Crippen LogP contribution < -0.4 is 11.1 Å². The second-order valence-corrected chi connectivity index (χ2v) is 8.13. The highest BCUT2D eigenvalue weighted by atomic mass is 16.1. The minimum Gasteiger partial charge on any atom is -0.383 e. The van der Waals surface area contributed by atoms with E-state index in [-0.39, 0.29) is 11.4 Å². The van der Waals surface area contributed by atoms with Crippen molar-refractivity contribution in [1.82, 2.24) is 30.0 Å². The number of H-pyrrole nitrogens is 1. The van der Waals surface area contributed by atoms with E-state index >= 15 is 0 Å². The number of aromatic amines is 1. The fourth-order valence-electron chi connectivity index (χ4n) is 3.60. The number of aryl methyl sites for hydroxylation is 1. The molecule has 0 bridgehead atoms. The van der Waals surface area contributed by atoms with Crippen LogP contribution in [0.25, 0.3) is 33.3 Å². The van der Waals surface area contributed by atoms with Crippen molar-refractivity contribution >= 4 is 33.7 Å². The molecule has 1 amide bonds. The number of amides is 1. The number of carbonyl (C=O) groups excluding carboxylic acids is 1. The SMILES string of the molecule is CCNC(=O)c1ccc2c(C)c(-c3nn(C(C)(C)C)c4ncnc(N)c34)[nH]c2c1. The number of hydrogen-bond acceptors (Lipinski definition) is 5. The summed E-state index contributed by atoms with van der Waals surface area (Å²) in [6, 6.07) is 5.65. The van der Waals surface area contributed by atoms with Gasteiger partial charge in [-0.05, 0) is 52.3 Å². The molecular formula is C21H25N7O. The predicted molar refractivity (Wildman–Crippen MR) is 115 cm³/mol. The van der Waals surface area contributed by atoms with Gasteiger partial charge in [-0.25, -0.2) is 14.6 Å². The molecule has 150 valence electrons. The van der Waals surface area contributed by atoms with Crippen molar-refractivity contribution in [2.24, 2.45) is 0 Å². The van der Waals surface area contributed by atoms with Crippen LogP contribution in [0.4, 0.5) is 5.82 Å². The number of nitrogens with zero attached hydrogens (tertiary/aromatic N) is 4. The Bertz CT molecular complexity index is 1240. The minimum absolute atomic E-state index is 0.0942. The molecule has 1 aromatic carbocycles. The van der Waals surface area contributed by atoms with Crippen molar-refractivity contribution in [3.63, 3.8) is 0 Å². The van der Waals surface area contributed by atoms with Crippen LogP contribution >= 0.6 is 0 Å². The number of anilines is 1. The van der Waals surface area contributed by atoms with Gasteiger partial charge in [0, 0.05) is 23.0 Å². The lowest BCUT2D eigenvalue weighted by Gasteiger charge is -2.19. The van der Waals surface area contributed by atoms with E-state index in [2.05, 4.69) is 41.0 Å². The Hall–Kier alpha value is -3.42. The molecule has 0 aliphatic rings. The number of nitrogens with two attached hydrogens (primary N) is 1. The van der Waals surface area contributed by atoms with Crippen molar-refractivity contribution in [2.75, 3.05) is 12.3 Å². The Morgan fingerprint density at radius 2 is 2.03 bits per heavy atom. The van der Waals surface area contributed by atoms with Gasteiger partial charge in [0.05, 0.1) is 16.6 Å². The lowest BCUT2D eigenvalue weighted by Crippen LogP contribution is -2.23. The molecule has 0 spiro atoms. The van der Waals surface area contributed by atoms with Gasteiger partial charge < -0.3 is 16.0 Å². The van der Waals surface area contributed by atoms with E-state index in [0.717, 1.165) is 27.5 Å². The summed E-state index contributed by atoms with van der Waals surface area (Å²) in [5, 5.41) is 9.44. The number of benzene rings is 1. The molecule has 0 fully saturated rings. The van der Waals surface area contributed by atoms with Crippen LogP contribution in [-0.2, 0) is 5.54 Å². The number of carbonyl (C=O) groups is 1. The zero-order chi connectivity index (χ0) is 20.9. The molecular weight excluding hydrogens is 366 g/mol. The van der Waals surface area contributed by atoms with Crippen molar-refractivity contribution in [3.05, 3.63) is 35.7 Å². The third kappa shape index (κ3) is 3.00. The average molecular weight is 391 g/mol. The van der Waals surface area contributed by atoms with Crippen LogP contribution in [-0.4, -0.2) is 37.2 Å². The van der Waals surface area contributed by atoms with Gasteiger partial charge in [0.25, 0.3) is 5.91 Å². The van der Waals surface area contributed by atoms with Gasteiger partial charge in [-0.15, -0.1) is 0 Å². The van der Waals surface area contributed by atoms with Gasteiger partial charge in [-0.2, -0.15) is 5.10 Å². The van der Waals surface area contributed by atoms with Crippen LogP contribution in [0.15, 0.2) is 24.5 Å². The standard InChI is InChI=1S/C21H25N7O/c1-6-23-20(29)12-7-8-13-11(2)16(26-14(13)9-12)17-15-18(22)24-10-25-19(15)28(27-17)21(3,4)5/h7-10,26H,6H2,1-5H3,(H,23,29)(H2,22,24,25). The first-order chi connectivity index (χ1) is 13.7. The maximum absolute atomic E-state index is 12.2. The van der Waals surface area contributed by atoms with Crippen LogP contribution in [0.5, 0.6) is 0 Å². The summed E-state index contributed by atoms with van der Waals surface area (Å²) in [5.41, 5.74) is 10.7. The number of nitrogens with one attached hydrogen (secondary N) is 2. The summed E-state index contributed by atoms with van der Waals surface area (Å²) in [6.07, 6.45) is 1.46. The molecule has 4 rings (SSSR count). The molecule has 0 saturated carbocycles. The third-order valence-electron chi connectivity index (χ3n) is 5.02. The summed E-state index contributed by atoms with van der Waals surface area (Å²) in [6.45, 7) is 10.7. The molecule has 3 heterocycles. The van der Waals surface area contributed by atoms with Crippen LogP contribution in [0.3, 0.4) is 0 Å². The normalized spacial score (nSPS) is 12.0. The summed E-state index contributed by atoms with van der Waals surface area (Å²) in [4.78, 5) is 24.3. The third-order valence-corrected chi connectivity index (χ3v) is 5.02. The average Bonchev–Trinajstić information content (AvgIpc) is 3.20. The highest BCUT2D eigenvalue weighted by Crippen LogP contribution is 2.36. The van der Waals surface area contributed by atoms with Gasteiger partial charge >= 0.3 is 0 Å². The molecule has 3 aromatic heterocycles. The Balaban J connectivity index is 1.97. The second-order valence-electron chi connectivity index (χ2n) is 8.13. The van der Waals surface area contributed by atoms with E-state index in [0.29, 0.717) is 29.3 Å². The molecule has 0 aliphatic carbocycles. The van der Waals surface area contributed by atoms with E-state index < -0.39 is 0 Å². The lowest BCUT2D eigenvalue weighted by molar-refractivity contribution is 0.0956. The van der Waals surface area contributed by atoms with Crippen molar-refractivity contribution in [1.29, 1.82) is 0 Å². The fourth-order valence-corrected chi connectivity index (χ4v) is 3.60. The van der Waals surface area contributed by atoms with Crippen LogP contribution in [0, 0.1) is 6.92 Å². The van der Waals surface area contributed by atoms with E-state index in [1.807, 2.05) is 36.7 Å². The Labute approximate surface area is 168 Å². The Kier molecular flexibility index (Phi) is 4.29. The maximum Gasteiger partial charge on any atom is 0.251 e. The molecule has 0 aliphatic heterocycles. The molecule has 8 nitrogen and oxygen atoms in total. The van der Waals surface area contributed by atoms with Gasteiger partial charge in [0.2, 0.25) is 0 Å². The molecule has 8 heteroatoms. The number of aromatic nitrogens is 5. The number of rotatable bonds is 3. The summed E-state index contributed by atoms with van der Waals surface area (Å²) in [5.74, 6) is 0.296. The first-order valence-corrected chi connectivity index (χ1v) is 9.63. The molecule has 4 aromatic rings. The Morgan fingerprint density at radius 3 is 2.72 bits per heavy atom. The highest BCUT2D eigenvalue weighted by Gasteiger charge is 2.26. The molecule has 0 saturated heterocycles. The van der Waals surface area contributed by atoms with E-state index in [1.54, 1.807) is 0 Å². The second kappa shape index (κ2) is 6.58. The van der Waals surface area contributed by atoms with Crippen molar-refractivity contribution in [2.45, 2.75) is 40.2 Å². The minimum atomic E-state index is -0.275. The largest absolute Gasteiger partial charge is 0.383 e. The molecule has 0 atom stereocenters. The quantitative estimate of drug-likeness (QED) is 0.495. The number of hydrogen-bond donors (Lipinski definition) is 3. The monoisotopic (exact) mass is 391 g/mol. The molecule has 0 radical (unpaired) electrons. The first kappa shape index (κ1) is 18.9. The predicted octanol–water partition coefficient (Wildman–Crippen LogP) is 3.37. The van der Waals surface area contributed by atoms with Crippen LogP contribution in [0.2, 0.25) is 0 Å². The summed E-state index contributed by atoms with van der Waals surface area (Å²) < 4.78 is 1.88. The van der Waals surface area contributed by atoms with Gasteiger partial charge in [0.15, 0.2) is 5.65 Å². The molecule has 4 N–H and O–H groups in total. The number of nitrogen functional groups attached to an aromatic ring is 1. The van der Waals surface area contributed by atoms with E-state index in [1.165, 1.54) is 6.33 Å². The molecule has 0 unspecified atom stereocenters. The highest BCUT2D eigenvalue weighted by molar-refractivity contribution is 6.03. The van der Waals surface area contributed by atoms with Crippen molar-refractivity contribution < 1.29 is 4.79 Å². The van der Waals surface area contributed by atoms with Gasteiger partial charge in [0.1, 0.15) is 17.8 Å². The topological polar surface area (TPSA) is 115 Å². The van der Waals surface area contributed by atoms with Crippen molar-refractivity contribution in [3.8, 4) is 11.4 Å². The number of fused-ring (bicyclic) bond motifs is 2. The van der Waals surface area contributed by atoms with E-state index in [9.17, 15) is 4.79 Å². The molecule has 29 heavy (non-hydrogen) atoms. The lowest BCUT2D eigenvalue weighted by atomic mass is 10.1. The maximum atomic E-state index is 12.2. The van der Waals surface area contributed by atoms with E-state index in [4.69, 9.17) is 10.8 Å². The zero-order valence-corrected chi connectivity index (χ0v) is 17.3. The smallest absolute Gasteiger partial charge is 0.251 e. The zero-order valence-electron chi connectivity index (χ0n) is 17.3. The first-order valence-electron chi connectivity index (χ1n) is 9.63.